The molecule has 138 valence electrons. The van der Waals surface area contributed by atoms with E-state index < -0.39 is 35.9 Å². The Kier molecular flexibility index (Phi) is 5.77. The topological polar surface area (TPSA) is 157 Å². The van der Waals surface area contributed by atoms with Crippen molar-refractivity contribution in [2.24, 2.45) is 20.5 Å². The maximum atomic E-state index is 12.1. The first-order valence-corrected chi connectivity index (χ1v) is 8.09. The molecule has 0 aromatic carbocycles. The van der Waals surface area contributed by atoms with Gasteiger partial charge in [0.1, 0.15) is 6.04 Å². The van der Waals surface area contributed by atoms with Gasteiger partial charge in [-0.2, -0.15) is 20.5 Å². The SMILES string of the molecule is CC1(CCNCC(=O)N[C@@H](CC(=O)O)C(=O)NCCC2(C)N=N2)N=N1. The zero-order chi connectivity index (χ0) is 18.5. The van der Waals surface area contributed by atoms with Gasteiger partial charge in [0.25, 0.3) is 0 Å². The van der Waals surface area contributed by atoms with E-state index in [1.54, 1.807) is 0 Å². The quantitative estimate of drug-likeness (QED) is 0.357. The van der Waals surface area contributed by atoms with Crippen LogP contribution in [0.15, 0.2) is 20.5 Å². The molecule has 2 amide bonds. The summed E-state index contributed by atoms with van der Waals surface area (Å²) >= 11 is 0. The van der Waals surface area contributed by atoms with Gasteiger partial charge in [-0.15, -0.1) is 0 Å². The van der Waals surface area contributed by atoms with Crippen molar-refractivity contribution < 1.29 is 19.5 Å². The molecule has 0 aromatic heterocycles. The van der Waals surface area contributed by atoms with Crippen molar-refractivity contribution in [2.75, 3.05) is 19.6 Å². The average Bonchev–Trinajstić information content (AvgIpc) is 3.43. The van der Waals surface area contributed by atoms with Gasteiger partial charge in [-0.05, 0) is 20.4 Å². The van der Waals surface area contributed by atoms with Crippen LogP contribution in [0.4, 0.5) is 0 Å². The first-order chi connectivity index (χ1) is 11.7. The van der Waals surface area contributed by atoms with E-state index in [0.717, 1.165) is 0 Å². The third kappa shape index (κ3) is 6.91. The lowest BCUT2D eigenvalue weighted by atomic mass is 10.1. The lowest BCUT2D eigenvalue weighted by molar-refractivity contribution is -0.140. The first kappa shape index (κ1) is 18.9. The van der Waals surface area contributed by atoms with Gasteiger partial charge in [0.15, 0.2) is 11.3 Å². The Morgan fingerprint density at radius 3 is 2.08 bits per heavy atom. The zero-order valence-electron chi connectivity index (χ0n) is 14.3. The van der Waals surface area contributed by atoms with E-state index in [2.05, 4.69) is 36.4 Å². The first-order valence-electron chi connectivity index (χ1n) is 8.09. The van der Waals surface area contributed by atoms with Gasteiger partial charge < -0.3 is 21.1 Å². The zero-order valence-corrected chi connectivity index (χ0v) is 14.3. The minimum absolute atomic E-state index is 0.0185. The van der Waals surface area contributed by atoms with Crippen molar-refractivity contribution in [3.8, 4) is 0 Å². The van der Waals surface area contributed by atoms with Crippen molar-refractivity contribution in [3.63, 3.8) is 0 Å². The lowest BCUT2D eigenvalue weighted by Crippen LogP contribution is -2.50. The molecule has 0 spiro atoms. The van der Waals surface area contributed by atoms with Crippen LogP contribution in [0, 0.1) is 0 Å². The molecule has 0 unspecified atom stereocenters. The summed E-state index contributed by atoms with van der Waals surface area (Å²) in [5, 5.41) is 32.2. The van der Waals surface area contributed by atoms with Crippen molar-refractivity contribution in [1.29, 1.82) is 0 Å². The normalized spacial score (nSPS) is 19.1. The van der Waals surface area contributed by atoms with E-state index in [1.807, 2.05) is 13.8 Å². The van der Waals surface area contributed by atoms with E-state index in [0.29, 0.717) is 25.9 Å². The van der Waals surface area contributed by atoms with Crippen LogP contribution in [0.1, 0.15) is 33.1 Å². The fraction of sp³-hybridized carbons (Fsp3) is 0.786. The summed E-state index contributed by atoms with van der Waals surface area (Å²) in [5.74, 6) is -2.16. The summed E-state index contributed by atoms with van der Waals surface area (Å²) in [5.41, 5.74) is -0.786. The molecule has 0 bridgehead atoms. The molecule has 4 N–H and O–H groups in total. The minimum Gasteiger partial charge on any atom is -0.481 e. The van der Waals surface area contributed by atoms with Crippen LogP contribution in [-0.4, -0.2) is 59.9 Å². The summed E-state index contributed by atoms with van der Waals surface area (Å²) in [6.45, 7) is 4.53. The number of carbonyl (C=O) groups is 3. The third-order valence-corrected chi connectivity index (χ3v) is 3.87. The van der Waals surface area contributed by atoms with Gasteiger partial charge in [-0.1, -0.05) is 0 Å². The Labute approximate surface area is 144 Å². The number of rotatable bonds is 12. The van der Waals surface area contributed by atoms with Gasteiger partial charge in [-0.3, -0.25) is 14.4 Å². The number of carbonyl (C=O) groups excluding carboxylic acids is 2. The highest BCUT2D eigenvalue weighted by atomic mass is 16.4. The van der Waals surface area contributed by atoms with Gasteiger partial charge in [0, 0.05) is 19.4 Å². The number of aliphatic carboxylic acids is 1. The average molecular weight is 353 g/mol. The molecule has 2 rings (SSSR count). The van der Waals surface area contributed by atoms with Crippen molar-refractivity contribution in [3.05, 3.63) is 0 Å². The Morgan fingerprint density at radius 1 is 1.00 bits per heavy atom. The van der Waals surface area contributed by atoms with Crippen molar-refractivity contribution >= 4 is 17.8 Å². The molecule has 11 nitrogen and oxygen atoms in total. The number of nitrogens with zero attached hydrogens (tertiary/aromatic N) is 4. The number of carboxylic acids is 1. The van der Waals surface area contributed by atoms with Crippen LogP contribution in [0.3, 0.4) is 0 Å². The maximum Gasteiger partial charge on any atom is 0.305 e. The second kappa shape index (κ2) is 7.64. The van der Waals surface area contributed by atoms with E-state index in [9.17, 15) is 14.4 Å². The molecular weight excluding hydrogens is 330 g/mol. The largest absolute Gasteiger partial charge is 0.481 e. The van der Waals surface area contributed by atoms with Crippen LogP contribution in [-0.2, 0) is 14.4 Å². The summed E-state index contributed by atoms with van der Waals surface area (Å²) < 4.78 is 0. The summed E-state index contributed by atoms with van der Waals surface area (Å²) in [6, 6.07) is -1.13. The Hall–Kier alpha value is -2.43. The van der Waals surface area contributed by atoms with Gasteiger partial charge in [0.05, 0.1) is 13.0 Å². The molecule has 25 heavy (non-hydrogen) atoms. The molecule has 2 aliphatic heterocycles. The highest BCUT2D eigenvalue weighted by Crippen LogP contribution is 2.30. The fourth-order valence-corrected chi connectivity index (χ4v) is 2.07. The monoisotopic (exact) mass is 353 g/mol. The molecule has 0 aromatic rings. The van der Waals surface area contributed by atoms with E-state index in [4.69, 9.17) is 5.11 Å². The molecule has 0 saturated heterocycles. The summed E-state index contributed by atoms with van der Waals surface area (Å²) in [7, 11) is 0. The Morgan fingerprint density at radius 2 is 1.56 bits per heavy atom. The Balaban J connectivity index is 1.68. The fourth-order valence-electron chi connectivity index (χ4n) is 2.07. The molecule has 2 heterocycles. The van der Waals surface area contributed by atoms with E-state index >= 15 is 0 Å². The van der Waals surface area contributed by atoms with Crippen LogP contribution in [0.5, 0.6) is 0 Å². The maximum absolute atomic E-state index is 12.1. The lowest BCUT2D eigenvalue weighted by Gasteiger charge is -2.17. The van der Waals surface area contributed by atoms with Gasteiger partial charge in [0.2, 0.25) is 11.8 Å². The molecule has 1 atom stereocenters. The second-order valence-electron chi connectivity index (χ2n) is 6.52. The van der Waals surface area contributed by atoms with E-state index in [-0.39, 0.29) is 12.2 Å². The molecule has 0 aliphatic carbocycles. The van der Waals surface area contributed by atoms with Crippen LogP contribution in [0.2, 0.25) is 0 Å². The smallest absolute Gasteiger partial charge is 0.305 e. The molecule has 2 aliphatic rings. The van der Waals surface area contributed by atoms with Gasteiger partial charge in [-0.25, -0.2) is 0 Å². The highest BCUT2D eigenvalue weighted by molar-refractivity contribution is 5.91. The number of carboxylic acid groups (broad SMARTS) is 1. The Bertz CT molecular complexity index is 592. The standard InChI is InChI=1S/C14H23N7O4/c1-13(18-19-13)3-5-15-8-10(22)17-9(7-11(23)24)12(25)16-6-4-14(2)20-21-14/h9,15H,3-8H2,1-2H3,(H,16,25)(H,17,22)(H,23,24)/t9-/m0/s1. The molecule has 0 radical (unpaired) electrons. The highest BCUT2D eigenvalue weighted by Gasteiger charge is 2.34. The number of amides is 2. The second-order valence-corrected chi connectivity index (χ2v) is 6.52. The van der Waals surface area contributed by atoms with Crippen molar-refractivity contribution in [2.45, 2.75) is 50.5 Å². The predicted molar refractivity (Wildman–Crippen MR) is 85.8 cm³/mol. The number of hydrogen-bond acceptors (Lipinski definition) is 8. The summed E-state index contributed by atoms with van der Waals surface area (Å²) in [6.07, 6.45) is 0.719. The molecule has 0 saturated carbocycles. The van der Waals surface area contributed by atoms with E-state index in [1.165, 1.54) is 0 Å². The molecule has 0 fully saturated rings. The predicted octanol–water partition coefficient (Wildman–Crippen LogP) is -0.204. The summed E-state index contributed by atoms with van der Waals surface area (Å²) in [4.78, 5) is 34.9. The van der Waals surface area contributed by atoms with Crippen LogP contribution < -0.4 is 16.0 Å². The van der Waals surface area contributed by atoms with Gasteiger partial charge >= 0.3 is 5.97 Å². The van der Waals surface area contributed by atoms with Crippen molar-refractivity contribution in [1.82, 2.24) is 16.0 Å². The third-order valence-electron chi connectivity index (χ3n) is 3.87. The minimum atomic E-state index is -1.17. The number of nitrogens with one attached hydrogen (secondary N) is 3. The molecular formula is C14H23N7O4. The van der Waals surface area contributed by atoms with Crippen LogP contribution in [0.25, 0.3) is 0 Å². The van der Waals surface area contributed by atoms with Crippen LogP contribution >= 0.6 is 0 Å². The molecule has 11 heteroatoms. The number of hydrogen-bond donors (Lipinski definition) is 4.